The Morgan fingerprint density at radius 1 is 1.10 bits per heavy atom. The molecule has 0 radical (unpaired) electrons. The van der Waals surface area contributed by atoms with E-state index in [1.807, 2.05) is 0 Å². The fraction of sp³-hybridized carbons (Fsp3) is 0.571. The molecule has 1 saturated carbocycles. The van der Waals surface area contributed by atoms with Gasteiger partial charge in [-0.15, -0.1) is 5.10 Å². The van der Waals surface area contributed by atoms with Gasteiger partial charge in [-0.05, 0) is 49.9 Å². The molecule has 1 atom stereocenters. The van der Waals surface area contributed by atoms with Gasteiger partial charge in [-0.2, -0.15) is 13.2 Å². The minimum absolute atomic E-state index is 0.179. The smallest absolute Gasteiger partial charge is 0.348 e. The molecule has 1 aromatic carbocycles. The van der Waals surface area contributed by atoms with Crippen LogP contribution >= 0.6 is 0 Å². The third-order valence-electron chi connectivity index (χ3n) is 6.03. The Kier molecular flexibility index (Phi) is 6.08. The lowest BCUT2D eigenvalue weighted by Gasteiger charge is -2.24. The van der Waals surface area contributed by atoms with Crippen LogP contribution in [-0.2, 0) is 19.3 Å². The summed E-state index contributed by atoms with van der Waals surface area (Å²) >= 11 is 0. The van der Waals surface area contributed by atoms with Crippen molar-refractivity contribution in [3.8, 4) is 0 Å². The van der Waals surface area contributed by atoms with E-state index in [0.29, 0.717) is 18.8 Å². The number of amides is 1. The number of halogens is 3. The summed E-state index contributed by atoms with van der Waals surface area (Å²) in [6.45, 7) is 2.08. The van der Waals surface area contributed by atoms with Crippen molar-refractivity contribution in [2.24, 2.45) is 0 Å². The third-order valence-corrected chi connectivity index (χ3v) is 6.03. The normalized spacial score (nSPS) is 20.7. The lowest BCUT2D eigenvalue weighted by atomic mass is 10.1. The van der Waals surface area contributed by atoms with E-state index in [1.54, 1.807) is 23.0 Å². The molecule has 30 heavy (non-hydrogen) atoms. The van der Waals surface area contributed by atoms with Gasteiger partial charge in [0.25, 0.3) is 5.91 Å². The fourth-order valence-electron chi connectivity index (χ4n) is 4.38. The summed E-state index contributed by atoms with van der Waals surface area (Å²) in [6, 6.07) is 5.79. The van der Waals surface area contributed by atoms with E-state index in [9.17, 15) is 18.0 Å². The zero-order valence-corrected chi connectivity index (χ0v) is 16.7. The number of nitrogens with one attached hydrogen (secondary N) is 1. The van der Waals surface area contributed by atoms with Crippen LogP contribution in [0.25, 0.3) is 0 Å². The average molecular weight is 421 g/mol. The van der Waals surface area contributed by atoms with Gasteiger partial charge in [0.2, 0.25) is 0 Å². The van der Waals surface area contributed by atoms with Gasteiger partial charge in [0.15, 0.2) is 5.69 Å². The number of likely N-dealkylation sites (tertiary alicyclic amines) is 1. The molecule has 1 aliphatic carbocycles. The Morgan fingerprint density at radius 2 is 1.83 bits per heavy atom. The first-order valence-electron chi connectivity index (χ1n) is 10.5. The van der Waals surface area contributed by atoms with Gasteiger partial charge in [0.1, 0.15) is 0 Å². The number of alkyl halides is 3. The maximum absolute atomic E-state index is 12.7. The molecule has 0 spiro atoms. The summed E-state index contributed by atoms with van der Waals surface area (Å²) in [5, 5.41) is 11.1. The molecule has 0 unspecified atom stereocenters. The number of aromatic nitrogens is 3. The van der Waals surface area contributed by atoms with Gasteiger partial charge in [0, 0.05) is 18.6 Å². The van der Waals surface area contributed by atoms with Crippen LogP contribution in [0.5, 0.6) is 0 Å². The number of carbonyl (C=O) groups excluding carboxylic acids is 1. The molecule has 1 amide bonds. The number of carbonyl (C=O) groups is 1. The molecule has 1 aliphatic heterocycles. The summed E-state index contributed by atoms with van der Waals surface area (Å²) in [4.78, 5) is 14.6. The van der Waals surface area contributed by atoms with Crippen molar-refractivity contribution in [3.05, 3.63) is 47.3 Å². The predicted molar refractivity (Wildman–Crippen MR) is 105 cm³/mol. The SMILES string of the molecule is O=C(NC1CCCC1)c1cn(C[C@@H]2CCCN2Cc2ccc(C(F)(F)F)cc2)nn1. The van der Waals surface area contributed by atoms with Gasteiger partial charge in [-0.3, -0.25) is 14.4 Å². The molecule has 2 aliphatic rings. The summed E-state index contributed by atoms with van der Waals surface area (Å²) < 4.78 is 39.9. The maximum atomic E-state index is 12.7. The number of hydrogen-bond donors (Lipinski definition) is 1. The second kappa shape index (κ2) is 8.75. The van der Waals surface area contributed by atoms with E-state index in [1.165, 1.54) is 0 Å². The van der Waals surface area contributed by atoms with Crippen molar-refractivity contribution >= 4 is 5.91 Å². The topological polar surface area (TPSA) is 63.1 Å². The lowest BCUT2D eigenvalue weighted by Crippen LogP contribution is -2.33. The van der Waals surface area contributed by atoms with Crippen LogP contribution in [-0.4, -0.2) is 44.4 Å². The number of rotatable bonds is 6. The molecule has 4 rings (SSSR count). The van der Waals surface area contributed by atoms with E-state index in [-0.39, 0.29) is 18.0 Å². The first-order chi connectivity index (χ1) is 14.4. The number of nitrogens with zero attached hydrogens (tertiary/aromatic N) is 4. The first kappa shape index (κ1) is 20.8. The summed E-state index contributed by atoms with van der Waals surface area (Å²) in [5.41, 5.74) is 0.551. The lowest BCUT2D eigenvalue weighted by molar-refractivity contribution is -0.137. The van der Waals surface area contributed by atoms with Crippen LogP contribution in [0.2, 0.25) is 0 Å². The van der Waals surface area contributed by atoms with E-state index in [2.05, 4.69) is 20.5 Å². The highest BCUT2D eigenvalue weighted by atomic mass is 19.4. The second-order valence-electron chi connectivity index (χ2n) is 8.24. The van der Waals surface area contributed by atoms with Crippen molar-refractivity contribution in [3.63, 3.8) is 0 Å². The molecule has 0 bridgehead atoms. The van der Waals surface area contributed by atoms with E-state index < -0.39 is 11.7 Å². The zero-order chi connectivity index (χ0) is 21.1. The molecule has 2 fully saturated rings. The van der Waals surface area contributed by atoms with E-state index in [4.69, 9.17) is 0 Å². The molecule has 1 aromatic heterocycles. The molecular weight excluding hydrogens is 395 g/mol. The van der Waals surface area contributed by atoms with Crippen molar-refractivity contribution < 1.29 is 18.0 Å². The highest BCUT2D eigenvalue weighted by molar-refractivity contribution is 5.92. The molecule has 2 aromatic rings. The summed E-state index contributed by atoms with van der Waals surface area (Å²) in [6.07, 6.45) is 3.69. The quantitative estimate of drug-likeness (QED) is 0.774. The van der Waals surface area contributed by atoms with Crippen LogP contribution in [0.4, 0.5) is 13.2 Å². The minimum Gasteiger partial charge on any atom is -0.348 e. The van der Waals surface area contributed by atoms with Gasteiger partial charge in [-0.25, -0.2) is 0 Å². The van der Waals surface area contributed by atoms with Gasteiger partial charge >= 0.3 is 6.18 Å². The van der Waals surface area contributed by atoms with E-state index in [0.717, 1.165) is 62.8 Å². The molecule has 1 saturated heterocycles. The molecule has 162 valence electrons. The molecular formula is C21H26F3N5O. The Balaban J connectivity index is 1.34. The fourth-order valence-corrected chi connectivity index (χ4v) is 4.38. The van der Waals surface area contributed by atoms with Crippen molar-refractivity contribution in [2.75, 3.05) is 6.54 Å². The molecule has 6 nitrogen and oxygen atoms in total. The Hall–Kier alpha value is -2.42. The van der Waals surface area contributed by atoms with Crippen LogP contribution in [0.1, 0.15) is 60.1 Å². The van der Waals surface area contributed by atoms with Crippen molar-refractivity contribution in [2.45, 2.75) is 69.9 Å². The standard InChI is InChI=1S/C21H26F3N5O/c22-21(23,24)16-9-7-15(8-10-16)12-28-11-3-6-18(28)13-29-14-19(26-27-29)20(30)25-17-4-1-2-5-17/h7-10,14,17-18H,1-6,11-13H2,(H,25,30)/t18-/m0/s1. The van der Waals surface area contributed by atoms with Crippen LogP contribution in [0.15, 0.2) is 30.5 Å². The zero-order valence-electron chi connectivity index (χ0n) is 16.7. The highest BCUT2D eigenvalue weighted by Crippen LogP contribution is 2.30. The van der Waals surface area contributed by atoms with Crippen LogP contribution < -0.4 is 5.32 Å². The Morgan fingerprint density at radius 3 is 2.53 bits per heavy atom. The van der Waals surface area contributed by atoms with E-state index >= 15 is 0 Å². The highest BCUT2D eigenvalue weighted by Gasteiger charge is 2.30. The third kappa shape index (κ3) is 5.00. The molecule has 1 N–H and O–H groups in total. The van der Waals surface area contributed by atoms with Gasteiger partial charge < -0.3 is 5.32 Å². The summed E-state index contributed by atoms with van der Waals surface area (Å²) in [7, 11) is 0. The van der Waals surface area contributed by atoms with Crippen molar-refractivity contribution in [1.82, 2.24) is 25.2 Å². The number of hydrogen-bond acceptors (Lipinski definition) is 4. The summed E-state index contributed by atoms with van der Waals surface area (Å²) in [5.74, 6) is -0.179. The Bertz CT molecular complexity index is 858. The minimum atomic E-state index is -4.32. The Labute approximate surface area is 173 Å². The maximum Gasteiger partial charge on any atom is 0.416 e. The molecule has 2 heterocycles. The van der Waals surface area contributed by atoms with Crippen LogP contribution in [0.3, 0.4) is 0 Å². The molecule has 9 heteroatoms. The first-order valence-corrected chi connectivity index (χ1v) is 10.5. The van der Waals surface area contributed by atoms with Crippen molar-refractivity contribution in [1.29, 1.82) is 0 Å². The average Bonchev–Trinajstić information content (AvgIpc) is 3.45. The van der Waals surface area contributed by atoms with Gasteiger partial charge in [-0.1, -0.05) is 30.2 Å². The monoisotopic (exact) mass is 421 g/mol. The second-order valence-corrected chi connectivity index (χ2v) is 8.24. The van der Waals surface area contributed by atoms with Gasteiger partial charge in [0.05, 0.1) is 18.3 Å². The number of benzene rings is 1. The largest absolute Gasteiger partial charge is 0.416 e. The van der Waals surface area contributed by atoms with Crippen LogP contribution in [0, 0.1) is 0 Å². The predicted octanol–water partition coefficient (Wildman–Crippen LogP) is 3.63.